The minimum absolute atomic E-state index is 0.263. The number of amides is 1. The molecule has 1 amide bonds. The maximum Gasteiger partial charge on any atom is 0.257 e. The lowest BCUT2D eigenvalue weighted by molar-refractivity contribution is 0.0977. The summed E-state index contributed by atoms with van der Waals surface area (Å²) < 4.78 is 5.46. The van der Waals surface area contributed by atoms with Crippen LogP contribution in [0, 0.1) is 6.92 Å². The molecule has 0 saturated carbocycles. The molecule has 0 atom stereocenters. The van der Waals surface area contributed by atoms with Crippen LogP contribution in [0.5, 0.6) is 5.75 Å². The summed E-state index contributed by atoms with van der Waals surface area (Å²) in [6.07, 6.45) is 2.73. The highest BCUT2D eigenvalue weighted by atomic mass is 35.5. The normalized spacial score (nSPS) is 11.4. The van der Waals surface area contributed by atoms with Crippen molar-refractivity contribution >= 4 is 40.1 Å². The Morgan fingerprint density at radius 1 is 1.06 bits per heavy atom. The van der Waals surface area contributed by atoms with Gasteiger partial charge in [0.25, 0.3) is 5.91 Å². The van der Waals surface area contributed by atoms with E-state index in [1.165, 1.54) is 10.9 Å². The molecule has 0 aliphatic heterocycles. The Morgan fingerprint density at radius 2 is 1.85 bits per heavy atom. The molecule has 7 heteroatoms. The van der Waals surface area contributed by atoms with Crippen LogP contribution in [0.2, 0.25) is 5.02 Å². The third-order valence-corrected chi connectivity index (χ3v) is 5.92. The van der Waals surface area contributed by atoms with Crippen molar-refractivity contribution in [3.8, 4) is 5.75 Å². The van der Waals surface area contributed by atoms with Crippen molar-refractivity contribution in [2.45, 2.75) is 20.3 Å². The molecule has 0 saturated heterocycles. The molecule has 1 heterocycles. The zero-order valence-electron chi connectivity index (χ0n) is 19.2. The summed E-state index contributed by atoms with van der Waals surface area (Å²) in [6, 6.07) is 20.8. The molecule has 0 fully saturated rings. The number of aromatic amines is 1. The number of hydrogen-bond acceptors (Lipinski definition) is 3. The van der Waals surface area contributed by atoms with Crippen LogP contribution in [0.3, 0.4) is 0 Å². The number of aliphatic imine (C=N–C) groups is 1. The molecule has 0 radical (unpaired) electrons. The molecule has 1 aromatic heterocycles. The lowest BCUT2D eigenvalue weighted by atomic mass is 10.1. The van der Waals surface area contributed by atoms with E-state index in [1.807, 2.05) is 56.4 Å². The van der Waals surface area contributed by atoms with Gasteiger partial charge in [-0.15, -0.1) is 0 Å². The first-order valence-electron chi connectivity index (χ1n) is 11.2. The average molecular weight is 475 g/mol. The van der Waals surface area contributed by atoms with Crippen LogP contribution in [0.4, 0.5) is 5.69 Å². The molecule has 3 aromatic carbocycles. The summed E-state index contributed by atoms with van der Waals surface area (Å²) in [5.74, 6) is 0.824. The van der Waals surface area contributed by atoms with Crippen molar-refractivity contribution in [2.75, 3.05) is 18.5 Å². The van der Waals surface area contributed by atoms with E-state index in [0.29, 0.717) is 29.7 Å². The average Bonchev–Trinajstić information content (AvgIpc) is 3.26. The van der Waals surface area contributed by atoms with E-state index in [-0.39, 0.29) is 5.91 Å². The summed E-state index contributed by atoms with van der Waals surface area (Å²) in [5, 5.41) is 7.96. The van der Waals surface area contributed by atoms with E-state index in [0.717, 1.165) is 28.9 Å². The van der Waals surface area contributed by atoms with Gasteiger partial charge < -0.3 is 15.0 Å². The summed E-state index contributed by atoms with van der Waals surface area (Å²) in [5.41, 5.74) is 4.44. The van der Waals surface area contributed by atoms with E-state index >= 15 is 0 Å². The van der Waals surface area contributed by atoms with Crippen LogP contribution in [0.1, 0.15) is 28.4 Å². The number of fused-ring (bicyclic) bond motifs is 1. The maximum atomic E-state index is 12.9. The van der Waals surface area contributed by atoms with Crippen molar-refractivity contribution in [2.24, 2.45) is 4.99 Å². The molecule has 0 aliphatic rings. The lowest BCUT2D eigenvalue weighted by Gasteiger charge is -2.14. The number of anilines is 1. The van der Waals surface area contributed by atoms with Crippen LogP contribution in [0.15, 0.2) is 77.9 Å². The molecule has 0 spiro atoms. The SMILES string of the molecule is CCOc1ccc(C(=O)NC(=NCCc2c[nH]c3ccccc23)Nc2cccc(Cl)c2C)cc1. The summed E-state index contributed by atoms with van der Waals surface area (Å²) in [4.78, 5) is 20.9. The van der Waals surface area contributed by atoms with Gasteiger partial charge in [-0.25, -0.2) is 0 Å². The van der Waals surface area contributed by atoms with Crippen molar-refractivity contribution < 1.29 is 9.53 Å². The first kappa shape index (κ1) is 23.4. The van der Waals surface area contributed by atoms with Crippen LogP contribution < -0.4 is 15.4 Å². The van der Waals surface area contributed by atoms with E-state index < -0.39 is 0 Å². The van der Waals surface area contributed by atoms with Crippen LogP contribution >= 0.6 is 11.6 Å². The first-order chi connectivity index (χ1) is 16.5. The van der Waals surface area contributed by atoms with Crippen molar-refractivity contribution in [1.29, 1.82) is 0 Å². The van der Waals surface area contributed by atoms with Crippen molar-refractivity contribution in [1.82, 2.24) is 10.3 Å². The van der Waals surface area contributed by atoms with Gasteiger partial charge in [0.05, 0.1) is 6.61 Å². The van der Waals surface area contributed by atoms with Gasteiger partial charge >= 0.3 is 0 Å². The van der Waals surface area contributed by atoms with Gasteiger partial charge in [-0.1, -0.05) is 35.9 Å². The van der Waals surface area contributed by atoms with Gasteiger partial charge in [0.2, 0.25) is 5.96 Å². The Balaban J connectivity index is 1.53. The van der Waals surface area contributed by atoms with E-state index in [2.05, 4.69) is 26.7 Å². The molecule has 0 unspecified atom stereocenters. The molecule has 4 aromatic rings. The van der Waals surface area contributed by atoms with Gasteiger partial charge in [-0.05, 0) is 73.9 Å². The van der Waals surface area contributed by atoms with Crippen LogP contribution in [0.25, 0.3) is 10.9 Å². The monoisotopic (exact) mass is 474 g/mol. The van der Waals surface area contributed by atoms with E-state index in [4.69, 9.17) is 16.3 Å². The number of guanidine groups is 1. The predicted molar refractivity (Wildman–Crippen MR) is 139 cm³/mol. The van der Waals surface area contributed by atoms with Gasteiger partial charge in [-0.2, -0.15) is 0 Å². The van der Waals surface area contributed by atoms with Crippen LogP contribution in [-0.4, -0.2) is 30.0 Å². The molecule has 6 nitrogen and oxygen atoms in total. The summed E-state index contributed by atoms with van der Waals surface area (Å²) in [7, 11) is 0. The smallest absolute Gasteiger partial charge is 0.257 e. The second-order valence-corrected chi connectivity index (χ2v) is 8.20. The number of para-hydroxylation sites is 1. The van der Waals surface area contributed by atoms with Gasteiger partial charge in [0.1, 0.15) is 5.75 Å². The Labute approximate surface area is 204 Å². The molecule has 34 heavy (non-hydrogen) atoms. The Kier molecular flexibility index (Phi) is 7.50. The number of carbonyl (C=O) groups is 1. The highest BCUT2D eigenvalue weighted by molar-refractivity contribution is 6.31. The first-order valence-corrected chi connectivity index (χ1v) is 11.6. The van der Waals surface area contributed by atoms with Gasteiger partial charge in [0, 0.05) is 39.9 Å². The zero-order chi connectivity index (χ0) is 23.9. The third-order valence-electron chi connectivity index (χ3n) is 5.51. The molecule has 174 valence electrons. The molecule has 3 N–H and O–H groups in total. The lowest BCUT2D eigenvalue weighted by Crippen LogP contribution is -2.36. The number of carbonyl (C=O) groups excluding carboxylic acids is 1. The summed E-state index contributed by atoms with van der Waals surface area (Å²) >= 11 is 6.28. The highest BCUT2D eigenvalue weighted by Crippen LogP contribution is 2.23. The number of halogens is 1. The standard InChI is InChI=1S/C27H27ClN4O2/c1-3-34-21-13-11-19(12-14-21)26(33)32-27(31-24-10-6-8-23(28)18(24)2)29-16-15-20-17-30-25-9-5-4-7-22(20)25/h4-14,17,30H,3,15-16H2,1-2H3,(H2,29,31,32,33). The van der Waals surface area contributed by atoms with Gasteiger partial charge in [-0.3, -0.25) is 15.1 Å². The quantitative estimate of drug-likeness (QED) is 0.228. The highest BCUT2D eigenvalue weighted by Gasteiger charge is 2.12. The Bertz CT molecular complexity index is 1310. The topological polar surface area (TPSA) is 78.5 Å². The number of nitrogens with one attached hydrogen (secondary N) is 3. The maximum absolute atomic E-state index is 12.9. The van der Waals surface area contributed by atoms with Crippen molar-refractivity contribution in [3.05, 3.63) is 94.6 Å². The van der Waals surface area contributed by atoms with Crippen molar-refractivity contribution in [3.63, 3.8) is 0 Å². The largest absolute Gasteiger partial charge is 0.494 e. The second-order valence-electron chi connectivity index (χ2n) is 7.79. The number of benzene rings is 3. The third kappa shape index (κ3) is 5.58. The second kappa shape index (κ2) is 10.9. The Hall–Kier alpha value is -3.77. The number of ether oxygens (including phenoxy) is 1. The molecular formula is C27H27ClN4O2. The van der Waals surface area contributed by atoms with Crippen LogP contribution in [-0.2, 0) is 6.42 Å². The number of rotatable bonds is 7. The molecule has 0 aliphatic carbocycles. The molecule has 4 rings (SSSR count). The predicted octanol–water partition coefficient (Wildman–Crippen LogP) is 5.97. The number of H-pyrrole nitrogens is 1. The number of nitrogens with zero attached hydrogens (tertiary/aromatic N) is 1. The van der Waals surface area contributed by atoms with E-state index in [1.54, 1.807) is 24.3 Å². The number of aromatic nitrogens is 1. The minimum atomic E-state index is -0.263. The zero-order valence-corrected chi connectivity index (χ0v) is 19.9. The fourth-order valence-electron chi connectivity index (χ4n) is 3.66. The fourth-order valence-corrected chi connectivity index (χ4v) is 3.83. The molecule has 0 bridgehead atoms. The summed E-state index contributed by atoms with van der Waals surface area (Å²) in [6.45, 7) is 4.90. The molecular weight excluding hydrogens is 448 g/mol. The van der Waals surface area contributed by atoms with E-state index in [9.17, 15) is 4.79 Å². The number of hydrogen-bond donors (Lipinski definition) is 3. The fraction of sp³-hybridized carbons (Fsp3) is 0.185. The minimum Gasteiger partial charge on any atom is -0.494 e. The Morgan fingerprint density at radius 3 is 2.65 bits per heavy atom. The van der Waals surface area contributed by atoms with Gasteiger partial charge in [0.15, 0.2) is 0 Å².